The number of allylic oxidation sites excluding steroid dienone is 1. The average molecular weight is 388 g/mol. The first-order chi connectivity index (χ1) is 13.2. The standard InChI is InChI=1S/C19H25N5O2S/c1-4-6-10-26-17(25)15-13(3)21-18-22-19(27-11-5-2)23-24(18)16(15)14-8-7-9-20-12-14/h7-9,12,16H,4-6,10-11H2,1-3H3,(H,21,22,23). The van der Waals surface area contributed by atoms with Crippen LogP contribution in [-0.2, 0) is 9.53 Å². The number of carbonyl (C=O) groups excluding carboxylic acids is 1. The minimum absolute atomic E-state index is 0.328. The molecule has 0 spiro atoms. The second-order valence-corrected chi connectivity index (χ2v) is 7.42. The van der Waals surface area contributed by atoms with Gasteiger partial charge in [0.05, 0.1) is 12.2 Å². The maximum Gasteiger partial charge on any atom is 0.338 e. The van der Waals surface area contributed by atoms with Crippen LogP contribution in [0.25, 0.3) is 0 Å². The van der Waals surface area contributed by atoms with E-state index in [-0.39, 0.29) is 5.97 Å². The quantitative estimate of drug-likeness (QED) is 0.419. The number of hydrogen-bond donors (Lipinski definition) is 1. The van der Waals surface area contributed by atoms with E-state index in [1.807, 2.05) is 19.1 Å². The largest absolute Gasteiger partial charge is 0.462 e. The predicted molar refractivity (Wildman–Crippen MR) is 106 cm³/mol. The third-order valence-electron chi connectivity index (χ3n) is 4.22. The fraction of sp³-hybridized carbons (Fsp3) is 0.474. The number of aromatic nitrogens is 4. The Balaban J connectivity index is 1.98. The first-order valence-corrected chi connectivity index (χ1v) is 10.3. The van der Waals surface area contributed by atoms with E-state index in [4.69, 9.17) is 4.74 Å². The first kappa shape index (κ1) is 19.4. The van der Waals surface area contributed by atoms with Crippen LogP contribution >= 0.6 is 11.8 Å². The molecule has 0 amide bonds. The van der Waals surface area contributed by atoms with Crippen LogP contribution in [0.1, 0.15) is 51.6 Å². The van der Waals surface area contributed by atoms with Gasteiger partial charge in [0, 0.05) is 23.8 Å². The molecule has 0 fully saturated rings. The highest BCUT2D eigenvalue weighted by molar-refractivity contribution is 7.99. The molecule has 3 heterocycles. The molecular weight excluding hydrogens is 362 g/mol. The summed E-state index contributed by atoms with van der Waals surface area (Å²) in [5, 5.41) is 8.55. The van der Waals surface area contributed by atoms with Gasteiger partial charge < -0.3 is 10.1 Å². The maximum absolute atomic E-state index is 12.8. The Kier molecular flexibility index (Phi) is 6.49. The molecule has 8 heteroatoms. The normalized spacial score (nSPS) is 16.0. The van der Waals surface area contributed by atoms with Crippen molar-refractivity contribution in [2.75, 3.05) is 17.7 Å². The molecule has 1 unspecified atom stereocenters. The van der Waals surface area contributed by atoms with Gasteiger partial charge in [-0.1, -0.05) is 38.1 Å². The summed E-state index contributed by atoms with van der Waals surface area (Å²) >= 11 is 1.61. The third kappa shape index (κ3) is 4.32. The zero-order valence-electron chi connectivity index (χ0n) is 15.9. The smallest absolute Gasteiger partial charge is 0.338 e. The van der Waals surface area contributed by atoms with Gasteiger partial charge in [-0.2, -0.15) is 4.98 Å². The molecule has 27 heavy (non-hydrogen) atoms. The van der Waals surface area contributed by atoms with E-state index < -0.39 is 6.04 Å². The molecule has 0 radical (unpaired) electrons. The van der Waals surface area contributed by atoms with Crippen LogP contribution in [-0.4, -0.2) is 38.1 Å². The zero-order valence-corrected chi connectivity index (χ0v) is 16.8. The van der Waals surface area contributed by atoms with E-state index in [0.29, 0.717) is 23.3 Å². The number of thioether (sulfide) groups is 1. The Bertz CT molecular complexity index is 819. The Morgan fingerprint density at radius 2 is 2.22 bits per heavy atom. The van der Waals surface area contributed by atoms with Crippen LogP contribution in [0.3, 0.4) is 0 Å². The summed E-state index contributed by atoms with van der Waals surface area (Å²) in [6, 6.07) is 3.39. The lowest BCUT2D eigenvalue weighted by atomic mass is 9.97. The first-order valence-electron chi connectivity index (χ1n) is 9.29. The molecule has 2 aromatic rings. The van der Waals surface area contributed by atoms with Crippen molar-refractivity contribution in [2.24, 2.45) is 0 Å². The lowest BCUT2D eigenvalue weighted by Crippen LogP contribution is -2.29. The Hall–Kier alpha value is -2.35. The van der Waals surface area contributed by atoms with Gasteiger partial charge >= 0.3 is 5.97 Å². The fourth-order valence-corrected chi connectivity index (χ4v) is 3.57. The van der Waals surface area contributed by atoms with Crippen molar-refractivity contribution in [1.29, 1.82) is 0 Å². The lowest BCUT2D eigenvalue weighted by Gasteiger charge is -2.27. The van der Waals surface area contributed by atoms with Gasteiger partial charge in [0.1, 0.15) is 6.04 Å². The van der Waals surface area contributed by atoms with Gasteiger partial charge in [0.2, 0.25) is 11.1 Å². The van der Waals surface area contributed by atoms with Crippen molar-refractivity contribution in [3.05, 3.63) is 41.4 Å². The molecule has 1 atom stereocenters. The Morgan fingerprint density at radius 3 is 2.93 bits per heavy atom. The highest BCUT2D eigenvalue weighted by atomic mass is 32.2. The van der Waals surface area contributed by atoms with Crippen LogP contribution in [0.2, 0.25) is 0 Å². The topological polar surface area (TPSA) is 81.9 Å². The molecule has 144 valence electrons. The van der Waals surface area contributed by atoms with Crippen LogP contribution in [0.4, 0.5) is 5.95 Å². The fourth-order valence-electron chi connectivity index (χ4n) is 2.88. The van der Waals surface area contributed by atoms with Gasteiger partial charge in [0.15, 0.2) is 0 Å². The van der Waals surface area contributed by atoms with Gasteiger partial charge in [-0.25, -0.2) is 9.48 Å². The summed E-state index contributed by atoms with van der Waals surface area (Å²) in [6.07, 6.45) is 6.33. The number of pyridine rings is 1. The molecule has 0 saturated heterocycles. The van der Waals surface area contributed by atoms with Gasteiger partial charge in [-0.05, 0) is 31.4 Å². The number of ether oxygens (including phenoxy) is 1. The number of carbonyl (C=O) groups is 1. The Labute approximate surface area is 163 Å². The summed E-state index contributed by atoms with van der Waals surface area (Å²) < 4.78 is 7.27. The molecule has 1 aliphatic heterocycles. The molecule has 1 aliphatic rings. The van der Waals surface area contributed by atoms with Crippen LogP contribution in [0.5, 0.6) is 0 Å². The van der Waals surface area contributed by atoms with Gasteiger partial charge in [0.25, 0.3) is 0 Å². The SMILES string of the molecule is CCCCOC(=O)C1=C(C)Nc2nc(SCCC)nn2C1c1cccnc1. The van der Waals surface area contributed by atoms with Crippen LogP contribution in [0, 0.1) is 0 Å². The summed E-state index contributed by atoms with van der Waals surface area (Å²) in [4.78, 5) is 21.7. The van der Waals surface area contributed by atoms with Crippen LogP contribution < -0.4 is 5.32 Å². The van der Waals surface area contributed by atoms with E-state index in [2.05, 4.69) is 34.2 Å². The van der Waals surface area contributed by atoms with E-state index in [1.165, 1.54) is 0 Å². The van der Waals surface area contributed by atoms with Gasteiger partial charge in [-0.3, -0.25) is 4.98 Å². The summed E-state index contributed by atoms with van der Waals surface area (Å²) in [6.45, 7) is 6.47. The number of unbranched alkanes of at least 4 members (excludes halogenated alkanes) is 1. The van der Waals surface area contributed by atoms with Crippen molar-refractivity contribution >= 4 is 23.7 Å². The number of esters is 1. The number of nitrogens with one attached hydrogen (secondary N) is 1. The third-order valence-corrected chi connectivity index (χ3v) is 5.26. The number of fused-ring (bicyclic) bond motifs is 1. The second-order valence-electron chi connectivity index (χ2n) is 6.35. The average Bonchev–Trinajstić information content (AvgIpc) is 3.08. The highest BCUT2D eigenvalue weighted by Crippen LogP contribution is 2.36. The molecule has 2 aromatic heterocycles. The predicted octanol–water partition coefficient (Wildman–Crippen LogP) is 3.81. The number of anilines is 1. The number of nitrogens with zero attached hydrogens (tertiary/aromatic N) is 4. The molecule has 0 bridgehead atoms. The molecule has 0 saturated carbocycles. The maximum atomic E-state index is 12.8. The summed E-state index contributed by atoms with van der Waals surface area (Å²) in [5.74, 6) is 1.25. The monoisotopic (exact) mass is 387 g/mol. The number of rotatable bonds is 8. The van der Waals surface area contributed by atoms with Crippen molar-refractivity contribution in [3.8, 4) is 0 Å². The summed E-state index contributed by atoms with van der Waals surface area (Å²) in [5.41, 5.74) is 2.15. The van der Waals surface area contributed by atoms with E-state index >= 15 is 0 Å². The van der Waals surface area contributed by atoms with E-state index in [0.717, 1.165) is 36.3 Å². The minimum atomic E-state index is -0.410. The van der Waals surface area contributed by atoms with E-state index in [1.54, 1.807) is 28.8 Å². The highest BCUT2D eigenvalue weighted by Gasteiger charge is 2.35. The second kappa shape index (κ2) is 9.03. The van der Waals surface area contributed by atoms with Crippen molar-refractivity contribution in [1.82, 2.24) is 19.7 Å². The molecule has 0 aromatic carbocycles. The Morgan fingerprint density at radius 1 is 1.37 bits per heavy atom. The molecular formula is C19H25N5O2S. The van der Waals surface area contributed by atoms with Crippen molar-refractivity contribution in [3.63, 3.8) is 0 Å². The van der Waals surface area contributed by atoms with Gasteiger partial charge in [-0.15, -0.1) is 5.10 Å². The number of hydrogen-bond acceptors (Lipinski definition) is 7. The van der Waals surface area contributed by atoms with Crippen LogP contribution in [0.15, 0.2) is 41.0 Å². The van der Waals surface area contributed by atoms with E-state index in [9.17, 15) is 4.79 Å². The summed E-state index contributed by atoms with van der Waals surface area (Å²) in [7, 11) is 0. The lowest BCUT2D eigenvalue weighted by molar-refractivity contribution is -0.139. The molecule has 1 N–H and O–H groups in total. The van der Waals surface area contributed by atoms with Crippen molar-refractivity contribution < 1.29 is 9.53 Å². The molecule has 3 rings (SSSR count). The minimum Gasteiger partial charge on any atom is -0.462 e. The molecule has 7 nitrogen and oxygen atoms in total. The molecule has 0 aliphatic carbocycles. The zero-order chi connectivity index (χ0) is 19.2. The van der Waals surface area contributed by atoms with Crippen molar-refractivity contribution in [2.45, 2.75) is 51.2 Å².